The van der Waals surface area contributed by atoms with Crippen LogP contribution >= 0.6 is 0 Å². The number of pyridine rings is 1. The van der Waals surface area contributed by atoms with E-state index in [9.17, 15) is 0 Å². The number of hydrogen-bond acceptors (Lipinski definition) is 4. The largest absolute Gasteiger partial charge is 0.353 e. The summed E-state index contributed by atoms with van der Waals surface area (Å²) in [6.45, 7) is 7.43. The van der Waals surface area contributed by atoms with Crippen molar-refractivity contribution in [2.45, 2.75) is 39.2 Å². The Kier molecular flexibility index (Phi) is 4.41. The maximum Gasteiger partial charge on any atom is 0.180 e. The van der Waals surface area contributed by atoms with E-state index in [0.29, 0.717) is 17.8 Å². The van der Waals surface area contributed by atoms with Crippen molar-refractivity contribution in [2.75, 3.05) is 11.4 Å². The minimum absolute atomic E-state index is 0.451. The predicted octanol–water partition coefficient (Wildman–Crippen LogP) is 4.54. The van der Waals surface area contributed by atoms with Crippen LogP contribution in [-0.2, 0) is 0 Å². The molecule has 1 aliphatic rings. The third kappa shape index (κ3) is 3.32. The van der Waals surface area contributed by atoms with Crippen molar-refractivity contribution in [3.63, 3.8) is 0 Å². The Hall–Kier alpha value is -2.75. The molecule has 26 heavy (non-hydrogen) atoms. The lowest BCUT2D eigenvalue weighted by Gasteiger charge is -2.23. The third-order valence-corrected chi connectivity index (χ3v) is 5.15. The van der Waals surface area contributed by atoms with Crippen LogP contribution in [0.3, 0.4) is 0 Å². The quantitative estimate of drug-likeness (QED) is 0.700. The fourth-order valence-corrected chi connectivity index (χ4v) is 3.74. The normalized spacial score (nSPS) is 19.7. The Bertz CT molecular complexity index is 890. The summed E-state index contributed by atoms with van der Waals surface area (Å²) in [6, 6.07) is 17.3. The van der Waals surface area contributed by atoms with E-state index >= 15 is 0 Å². The van der Waals surface area contributed by atoms with Crippen LogP contribution in [0, 0.1) is 13.8 Å². The molecule has 0 spiro atoms. The molecule has 0 N–H and O–H groups in total. The van der Waals surface area contributed by atoms with Crippen molar-refractivity contribution in [1.29, 1.82) is 0 Å². The first-order valence-electron chi connectivity index (χ1n) is 9.20. The maximum absolute atomic E-state index is 4.83. The fraction of sp³-hybridized carbons (Fsp3) is 0.318. The van der Waals surface area contributed by atoms with Crippen LogP contribution in [-0.4, -0.2) is 27.5 Å². The van der Waals surface area contributed by atoms with Gasteiger partial charge in [0, 0.05) is 36.5 Å². The van der Waals surface area contributed by atoms with Crippen molar-refractivity contribution in [1.82, 2.24) is 15.0 Å². The molecule has 0 bridgehead atoms. The van der Waals surface area contributed by atoms with Crippen molar-refractivity contribution in [3.8, 4) is 11.5 Å². The zero-order valence-electron chi connectivity index (χ0n) is 15.6. The Labute approximate surface area is 155 Å². The topological polar surface area (TPSA) is 41.9 Å². The predicted molar refractivity (Wildman–Crippen MR) is 105 cm³/mol. The summed E-state index contributed by atoms with van der Waals surface area (Å²) < 4.78 is 0. The van der Waals surface area contributed by atoms with E-state index in [1.165, 1.54) is 11.1 Å². The molecule has 0 aliphatic carbocycles. The van der Waals surface area contributed by atoms with E-state index in [0.717, 1.165) is 30.2 Å². The number of rotatable bonds is 3. The van der Waals surface area contributed by atoms with Gasteiger partial charge in [-0.3, -0.25) is 4.98 Å². The van der Waals surface area contributed by atoms with Crippen molar-refractivity contribution in [3.05, 3.63) is 71.5 Å². The Morgan fingerprint density at radius 2 is 1.81 bits per heavy atom. The molecule has 1 aliphatic heterocycles. The lowest BCUT2D eigenvalue weighted by atomic mass is 9.96. The molecular weight excluding hydrogens is 320 g/mol. The summed E-state index contributed by atoms with van der Waals surface area (Å²) in [4.78, 5) is 16.2. The number of aromatic nitrogens is 3. The van der Waals surface area contributed by atoms with Gasteiger partial charge in [-0.2, -0.15) is 0 Å². The van der Waals surface area contributed by atoms with Crippen LogP contribution in [0.2, 0.25) is 0 Å². The Morgan fingerprint density at radius 1 is 1.00 bits per heavy atom. The summed E-state index contributed by atoms with van der Waals surface area (Å²) in [5, 5.41) is 0. The van der Waals surface area contributed by atoms with Crippen LogP contribution in [0.25, 0.3) is 11.5 Å². The van der Waals surface area contributed by atoms with Gasteiger partial charge in [0.2, 0.25) is 0 Å². The zero-order chi connectivity index (χ0) is 18.1. The Morgan fingerprint density at radius 3 is 2.54 bits per heavy atom. The van der Waals surface area contributed by atoms with E-state index in [-0.39, 0.29) is 0 Å². The molecule has 3 heterocycles. The first-order valence-corrected chi connectivity index (χ1v) is 9.20. The Balaban J connectivity index is 1.63. The lowest BCUT2D eigenvalue weighted by Crippen LogP contribution is -2.28. The molecule has 1 fully saturated rings. The number of hydrogen-bond donors (Lipinski definition) is 0. The van der Waals surface area contributed by atoms with Crippen LogP contribution in [0.5, 0.6) is 0 Å². The van der Waals surface area contributed by atoms with E-state index in [1.807, 2.05) is 25.1 Å². The highest BCUT2D eigenvalue weighted by Crippen LogP contribution is 2.35. The van der Waals surface area contributed by atoms with E-state index in [1.54, 1.807) is 6.20 Å². The first kappa shape index (κ1) is 16.7. The van der Waals surface area contributed by atoms with Gasteiger partial charge >= 0.3 is 0 Å². The molecule has 4 rings (SSSR count). The van der Waals surface area contributed by atoms with Gasteiger partial charge in [-0.25, -0.2) is 9.97 Å². The minimum Gasteiger partial charge on any atom is -0.353 e. The van der Waals surface area contributed by atoms with Gasteiger partial charge in [-0.15, -0.1) is 0 Å². The summed E-state index contributed by atoms with van der Waals surface area (Å²) in [5.74, 6) is 2.24. The van der Waals surface area contributed by atoms with Gasteiger partial charge in [0.25, 0.3) is 0 Å². The van der Waals surface area contributed by atoms with Crippen molar-refractivity contribution in [2.24, 2.45) is 0 Å². The van der Waals surface area contributed by atoms with E-state index in [4.69, 9.17) is 4.98 Å². The monoisotopic (exact) mass is 344 g/mol. The highest BCUT2D eigenvalue weighted by Gasteiger charge is 2.31. The molecule has 4 nitrogen and oxygen atoms in total. The molecule has 2 unspecified atom stereocenters. The second-order valence-corrected chi connectivity index (χ2v) is 7.25. The average molecular weight is 344 g/mol. The summed E-state index contributed by atoms with van der Waals surface area (Å²) in [6.07, 6.45) is 2.93. The molecule has 0 saturated carbocycles. The average Bonchev–Trinajstić information content (AvgIpc) is 3.04. The van der Waals surface area contributed by atoms with E-state index < -0.39 is 0 Å². The van der Waals surface area contributed by atoms with E-state index in [2.05, 4.69) is 59.0 Å². The number of anilines is 1. The molecule has 4 heteroatoms. The van der Waals surface area contributed by atoms with Gasteiger partial charge in [0.1, 0.15) is 11.5 Å². The van der Waals surface area contributed by atoms with Crippen LogP contribution < -0.4 is 4.90 Å². The number of nitrogens with zero attached hydrogens (tertiary/aromatic N) is 4. The second kappa shape index (κ2) is 6.87. The van der Waals surface area contributed by atoms with Crippen LogP contribution in [0.15, 0.2) is 54.7 Å². The molecule has 3 aromatic rings. The van der Waals surface area contributed by atoms with Gasteiger partial charge in [-0.05, 0) is 44.9 Å². The highest BCUT2D eigenvalue weighted by atomic mass is 15.2. The van der Waals surface area contributed by atoms with Gasteiger partial charge in [0.05, 0.1) is 0 Å². The van der Waals surface area contributed by atoms with Crippen molar-refractivity contribution < 1.29 is 0 Å². The summed E-state index contributed by atoms with van der Waals surface area (Å²) >= 11 is 0. The van der Waals surface area contributed by atoms with Gasteiger partial charge in [-0.1, -0.05) is 35.9 Å². The number of benzene rings is 1. The molecule has 0 radical (unpaired) electrons. The molecule has 1 aromatic carbocycles. The number of aryl methyl sites for hydroxylation is 2. The zero-order valence-corrected chi connectivity index (χ0v) is 15.6. The molecule has 2 atom stereocenters. The lowest BCUT2D eigenvalue weighted by molar-refractivity contribution is 0.696. The molecule has 0 amide bonds. The van der Waals surface area contributed by atoms with Crippen LogP contribution in [0.1, 0.15) is 36.1 Å². The summed E-state index contributed by atoms with van der Waals surface area (Å²) in [5.41, 5.74) is 4.52. The molecule has 1 saturated heterocycles. The molecule has 2 aromatic heterocycles. The van der Waals surface area contributed by atoms with Gasteiger partial charge < -0.3 is 4.90 Å². The van der Waals surface area contributed by atoms with Crippen LogP contribution in [0.4, 0.5) is 5.82 Å². The summed E-state index contributed by atoms with van der Waals surface area (Å²) in [7, 11) is 0. The minimum atomic E-state index is 0.451. The first-order chi connectivity index (χ1) is 12.6. The van der Waals surface area contributed by atoms with Crippen molar-refractivity contribution >= 4 is 5.82 Å². The highest BCUT2D eigenvalue weighted by molar-refractivity contribution is 5.54. The SMILES string of the molecule is Cc1ccc(C2CC(C)N(c3cc(C)nc(-c4ccccn4)n3)C2)cc1. The molecular formula is C22H24N4. The van der Waals surface area contributed by atoms with Gasteiger partial charge in [0.15, 0.2) is 5.82 Å². The maximum atomic E-state index is 4.83. The molecule has 132 valence electrons. The second-order valence-electron chi connectivity index (χ2n) is 7.25. The smallest absolute Gasteiger partial charge is 0.180 e. The third-order valence-electron chi connectivity index (χ3n) is 5.15. The standard InChI is InChI=1S/C22H24N4/c1-15-7-9-18(10-8-15)19-13-17(3)26(14-19)21-12-16(2)24-22(25-21)20-6-4-5-11-23-20/h4-12,17,19H,13-14H2,1-3H3. The fourth-order valence-electron chi connectivity index (χ4n) is 3.74.